The van der Waals surface area contributed by atoms with Crippen molar-refractivity contribution in [3.8, 4) is 0 Å². The van der Waals surface area contributed by atoms with E-state index in [0.717, 1.165) is 18.6 Å². The highest BCUT2D eigenvalue weighted by Gasteiger charge is 2.30. The summed E-state index contributed by atoms with van der Waals surface area (Å²) >= 11 is 0. The van der Waals surface area contributed by atoms with Crippen LogP contribution in [0.4, 0.5) is 0 Å². The van der Waals surface area contributed by atoms with E-state index >= 15 is 0 Å². The Kier molecular flexibility index (Phi) is 2.85. The maximum Gasteiger partial charge on any atom is 0.0692 e. The Bertz CT molecular complexity index is 575. The zero-order valence-corrected chi connectivity index (χ0v) is 10.1. The van der Waals surface area contributed by atoms with Gasteiger partial charge in [-0.25, -0.2) is 0 Å². The van der Waals surface area contributed by atoms with Gasteiger partial charge >= 0.3 is 0 Å². The van der Waals surface area contributed by atoms with E-state index in [-0.39, 0.29) is 5.92 Å². The van der Waals surface area contributed by atoms with Crippen molar-refractivity contribution in [2.24, 2.45) is 5.16 Å². The van der Waals surface area contributed by atoms with E-state index in [9.17, 15) is 5.21 Å². The first kappa shape index (κ1) is 11.0. The molecule has 0 bridgehead atoms. The van der Waals surface area contributed by atoms with Crippen molar-refractivity contribution in [2.75, 3.05) is 0 Å². The number of rotatable bonds is 3. The number of nitrogens with zero attached hydrogens (tertiary/aromatic N) is 1. The van der Waals surface area contributed by atoms with Crippen LogP contribution in [0, 0.1) is 0 Å². The second kappa shape index (κ2) is 4.65. The molecule has 1 aliphatic rings. The van der Waals surface area contributed by atoms with Crippen LogP contribution in [0.25, 0.3) is 0 Å². The summed E-state index contributed by atoms with van der Waals surface area (Å²) in [7, 11) is 0. The standard InChI is InChI=1S/C16H15NO/c18-17-16(10-12-6-2-1-3-7-12)15-11-13-8-4-5-9-14(13)15/h1-9,15,18H,10-11H2/b17-16-. The van der Waals surface area contributed by atoms with Gasteiger partial charge in [0.2, 0.25) is 0 Å². The molecule has 0 radical (unpaired) electrons. The minimum absolute atomic E-state index is 0.284. The molecule has 3 rings (SSSR count). The van der Waals surface area contributed by atoms with Crippen molar-refractivity contribution in [2.45, 2.75) is 18.8 Å². The molecule has 0 amide bonds. The molecule has 0 aliphatic heterocycles. The largest absolute Gasteiger partial charge is 0.411 e. The summed E-state index contributed by atoms with van der Waals surface area (Å²) < 4.78 is 0. The van der Waals surface area contributed by atoms with Crippen LogP contribution in [0.2, 0.25) is 0 Å². The average molecular weight is 237 g/mol. The fourth-order valence-corrected chi connectivity index (χ4v) is 2.59. The molecule has 2 aromatic rings. The second-order valence-electron chi connectivity index (χ2n) is 4.71. The summed E-state index contributed by atoms with van der Waals surface area (Å²) in [5, 5.41) is 12.8. The molecule has 0 spiro atoms. The van der Waals surface area contributed by atoms with Crippen LogP contribution in [-0.2, 0) is 12.8 Å². The normalized spacial score (nSPS) is 18.0. The van der Waals surface area contributed by atoms with Gasteiger partial charge in [-0.3, -0.25) is 0 Å². The highest BCUT2D eigenvalue weighted by Crippen LogP contribution is 2.36. The van der Waals surface area contributed by atoms with E-state index in [2.05, 4.69) is 35.5 Å². The lowest BCUT2D eigenvalue weighted by molar-refractivity contribution is 0.315. The van der Waals surface area contributed by atoms with Gasteiger partial charge in [0.15, 0.2) is 0 Å². The van der Waals surface area contributed by atoms with Gasteiger partial charge in [-0.15, -0.1) is 0 Å². The quantitative estimate of drug-likeness (QED) is 0.495. The van der Waals surface area contributed by atoms with Gasteiger partial charge in [0.05, 0.1) is 5.71 Å². The third kappa shape index (κ3) is 1.90. The van der Waals surface area contributed by atoms with Gasteiger partial charge in [0.25, 0.3) is 0 Å². The van der Waals surface area contributed by atoms with Crippen LogP contribution in [0.1, 0.15) is 22.6 Å². The zero-order valence-electron chi connectivity index (χ0n) is 10.1. The van der Waals surface area contributed by atoms with Crippen molar-refractivity contribution >= 4 is 5.71 Å². The Hall–Kier alpha value is -2.09. The van der Waals surface area contributed by atoms with E-state index in [1.807, 2.05) is 24.3 Å². The molecule has 2 nitrogen and oxygen atoms in total. The topological polar surface area (TPSA) is 32.6 Å². The molecule has 18 heavy (non-hydrogen) atoms. The Morgan fingerprint density at radius 3 is 2.50 bits per heavy atom. The lowest BCUT2D eigenvalue weighted by Crippen LogP contribution is -2.26. The molecule has 1 atom stereocenters. The Labute approximate surface area is 107 Å². The first-order valence-electron chi connectivity index (χ1n) is 6.21. The lowest BCUT2D eigenvalue weighted by atomic mass is 9.74. The summed E-state index contributed by atoms with van der Waals surface area (Å²) in [6.45, 7) is 0. The van der Waals surface area contributed by atoms with Crippen molar-refractivity contribution < 1.29 is 5.21 Å². The van der Waals surface area contributed by atoms with Crippen LogP contribution in [-0.4, -0.2) is 10.9 Å². The first-order valence-corrected chi connectivity index (χ1v) is 6.21. The number of hydrogen-bond donors (Lipinski definition) is 1. The van der Waals surface area contributed by atoms with Gasteiger partial charge < -0.3 is 5.21 Å². The summed E-state index contributed by atoms with van der Waals surface area (Å²) in [5.74, 6) is 0.284. The van der Waals surface area contributed by atoms with E-state index in [1.54, 1.807) is 0 Å². The predicted molar refractivity (Wildman–Crippen MR) is 72.3 cm³/mol. The minimum Gasteiger partial charge on any atom is -0.411 e. The average Bonchev–Trinajstić information content (AvgIpc) is 2.40. The van der Waals surface area contributed by atoms with Gasteiger partial charge in [-0.05, 0) is 23.1 Å². The van der Waals surface area contributed by atoms with E-state index in [0.29, 0.717) is 0 Å². The van der Waals surface area contributed by atoms with Crippen molar-refractivity contribution in [1.29, 1.82) is 0 Å². The highest BCUT2D eigenvalue weighted by atomic mass is 16.4. The third-order valence-electron chi connectivity index (χ3n) is 3.61. The number of oxime groups is 1. The van der Waals surface area contributed by atoms with Crippen molar-refractivity contribution in [3.05, 3.63) is 71.3 Å². The molecule has 90 valence electrons. The maximum absolute atomic E-state index is 9.24. The molecule has 0 saturated heterocycles. The van der Waals surface area contributed by atoms with E-state index in [4.69, 9.17) is 0 Å². The van der Waals surface area contributed by atoms with Crippen LogP contribution in [0.5, 0.6) is 0 Å². The van der Waals surface area contributed by atoms with Gasteiger partial charge in [0.1, 0.15) is 0 Å². The number of benzene rings is 2. The SMILES string of the molecule is O/N=C(/Cc1ccccc1)C1Cc2ccccc21. The summed E-state index contributed by atoms with van der Waals surface area (Å²) in [4.78, 5) is 0. The fraction of sp³-hybridized carbons (Fsp3) is 0.188. The molecular formula is C16H15NO. The third-order valence-corrected chi connectivity index (χ3v) is 3.61. The highest BCUT2D eigenvalue weighted by molar-refractivity contribution is 5.94. The maximum atomic E-state index is 9.24. The van der Waals surface area contributed by atoms with Crippen LogP contribution in [0.3, 0.4) is 0 Å². The fourth-order valence-electron chi connectivity index (χ4n) is 2.59. The smallest absolute Gasteiger partial charge is 0.0692 e. The van der Waals surface area contributed by atoms with Gasteiger partial charge in [-0.2, -0.15) is 0 Å². The molecule has 0 saturated carbocycles. The molecule has 0 fully saturated rings. The minimum atomic E-state index is 0.284. The molecule has 2 heteroatoms. The van der Waals surface area contributed by atoms with Crippen LogP contribution < -0.4 is 0 Å². The van der Waals surface area contributed by atoms with Crippen LogP contribution >= 0.6 is 0 Å². The second-order valence-corrected chi connectivity index (χ2v) is 4.71. The van der Waals surface area contributed by atoms with Crippen molar-refractivity contribution in [3.63, 3.8) is 0 Å². The molecule has 0 heterocycles. The molecule has 2 aromatic carbocycles. The zero-order chi connectivity index (χ0) is 12.4. The first-order chi connectivity index (χ1) is 8.88. The van der Waals surface area contributed by atoms with Gasteiger partial charge in [-0.1, -0.05) is 59.8 Å². The molecule has 1 N–H and O–H groups in total. The van der Waals surface area contributed by atoms with Gasteiger partial charge in [0, 0.05) is 12.3 Å². The number of fused-ring (bicyclic) bond motifs is 1. The molecule has 1 aliphatic carbocycles. The molecule has 0 aromatic heterocycles. The Morgan fingerprint density at radius 2 is 1.78 bits per heavy atom. The lowest BCUT2D eigenvalue weighted by Gasteiger charge is -2.30. The van der Waals surface area contributed by atoms with Crippen molar-refractivity contribution in [1.82, 2.24) is 0 Å². The molecular weight excluding hydrogens is 222 g/mol. The Balaban J connectivity index is 1.80. The van der Waals surface area contributed by atoms with Crippen LogP contribution in [0.15, 0.2) is 59.8 Å². The summed E-state index contributed by atoms with van der Waals surface area (Å²) in [6.07, 6.45) is 1.71. The molecule has 1 unspecified atom stereocenters. The predicted octanol–water partition coefficient (Wildman–Crippen LogP) is 3.40. The monoisotopic (exact) mass is 237 g/mol. The van der Waals surface area contributed by atoms with E-state index < -0.39 is 0 Å². The number of hydrogen-bond acceptors (Lipinski definition) is 2. The Morgan fingerprint density at radius 1 is 1.06 bits per heavy atom. The van der Waals surface area contributed by atoms with E-state index in [1.165, 1.54) is 16.7 Å². The summed E-state index contributed by atoms with van der Waals surface area (Å²) in [5.41, 5.74) is 4.73. The summed E-state index contributed by atoms with van der Waals surface area (Å²) in [6, 6.07) is 18.5.